The lowest BCUT2D eigenvalue weighted by molar-refractivity contribution is -0.131. The maximum Gasteiger partial charge on any atom is 0.240 e. The number of nitrogens with zero attached hydrogens (tertiary/aromatic N) is 2. The van der Waals surface area contributed by atoms with Crippen LogP contribution in [-0.2, 0) is 4.79 Å². The van der Waals surface area contributed by atoms with Crippen LogP contribution < -0.4 is 9.64 Å². The fourth-order valence-corrected chi connectivity index (χ4v) is 4.80. The van der Waals surface area contributed by atoms with Crippen LogP contribution in [0.15, 0.2) is 89.8 Å². The molecular formula is C25H26N2O2S. The molecule has 1 fully saturated rings. The number of amides is 1. The minimum Gasteiger partial charge on any atom is -0.497 e. The van der Waals surface area contributed by atoms with E-state index in [1.807, 2.05) is 65.6 Å². The third kappa shape index (κ3) is 4.79. The average Bonchev–Trinajstić information content (AvgIpc) is 2.83. The second-order valence-electron chi connectivity index (χ2n) is 7.23. The molecule has 4 rings (SSSR count). The summed E-state index contributed by atoms with van der Waals surface area (Å²) in [6, 6.07) is 28.4. The van der Waals surface area contributed by atoms with Gasteiger partial charge < -0.3 is 14.5 Å². The Morgan fingerprint density at radius 3 is 2.03 bits per heavy atom. The van der Waals surface area contributed by atoms with E-state index in [4.69, 9.17) is 4.74 Å². The monoisotopic (exact) mass is 418 g/mol. The average molecular weight is 419 g/mol. The minimum absolute atomic E-state index is 0.185. The Kier molecular flexibility index (Phi) is 6.60. The molecule has 154 valence electrons. The summed E-state index contributed by atoms with van der Waals surface area (Å²) in [7, 11) is 1.68. The number of thioether (sulfide) groups is 1. The lowest BCUT2D eigenvalue weighted by Gasteiger charge is -2.37. The maximum atomic E-state index is 13.5. The van der Waals surface area contributed by atoms with Gasteiger partial charge in [0.05, 0.1) is 7.11 Å². The molecule has 0 unspecified atom stereocenters. The van der Waals surface area contributed by atoms with Gasteiger partial charge in [0, 0.05) is 36.8 Å². The molecule has 30 heavy (non-hydrogen) atoms. The van der Waals surface area contributed by atoms with Crippen molar-refractivity contribution >= 4 is 23.4 Å². The van der Waals surface area contributed by atoms with Crippen LogP contribution in [0.25, 0.3) is 0 Å². The van der Waals surface area contributed by atoms with Crippen LogP contribution in [0.4, 0.5) is 5.69 Å². The first-order chi connectivity index (χ1) is 14.7. The van der Waals surface area contributed by atoms with Crippen LogP contribution in [0.1, 0.15) is 10.8 Å². The van der Waals surface area contributed by atoms with Crippen molar-refractivity contribution in [2.75, 3.05) is 38.2 Å². The molecule has 1 heterocycles. The minimum atomic E-state index is -0.235. The number of benzene rings is 3. The van der Waals surface area contributed by atoms with Crippen LogP contribution in [0.3, 0.4) is 0 Å². The van der Waals surface area contributed by atoms with Crippen molar-refractivity contribution in [3.63, 3.8) is 0 Å². The zero-order valence-corrected chi connectivity index (χ0v) is 17.9. The molecule has 0 spiro atoms. The SMILES string of the molecule is COc1ccc(N2CCN(C(=O)[C@H](Sc3ccccc3)c3ccccc3)CC2)cc1. The number of ether oxygens (including phenoxy) is 1. The van der Waals surface area contributed by atoms with Gasteiger partial charge in [-0.3, -0.25) is 4.79 Å². The van der Waals surface area contributed by atoms with E-state index in [1.165, 1.54) is 5.69 Å². The van der Waals surface area contributed by atoms with E-state index in [2.05, 4.69) is 29.2 Å². The van der Waals surface area contributed by atoms with E-state index in [9.17, 15) is 4.79 Å². The molecule has 0 bridgehead atoms. The summed E-state index contributed by atoms with van der Waals surface area (Å²) >= 11 is 1.63. The number of hydrogen-bond donors (Lipinski definition) is 0. The van der Waals surface area contributed by atoms with Gasteiger partial charge in [0.2, 0.25) is 5.91 Å². The van der Waals surface area contributed by atoms with E-state index in [1.54, 1.807) is 18.9 Å². The van der Waals surface area contributed by atoms with Gasteiger partial charge >= 0.3 is 0 Å². The van der Waals surface area contributed by atoms with Crippen molar-refractivity contribution in [2.24, 2.45) is 0 Å². The lowest BCUT2D eigenvalue weighted by Crippen LogP contribution is -2.49. The van der Waals surface area contributed by atoms with Crippen molar-refractivity contribution in [1.29, 1.82) is 0 Å². The standard InChI is InChI=1S/C25H26N2O2S/c1-29-22-14-12-21(13-15-22)26-16-18-27(19-17-26)25(28)24(20-8-4-2-5-9-20)30-23-10-6-3-7-11-23/h2-15,24H,16-19H2,1H3/t24-/m1/s1. The Hall–Kier alpha value is -2.92. The zero-order chi connectivity index (χ0) is 20.8. The van der Waals surface area contributed by atoms with Crippen molar-refractivity contribution in [2.45, 2.75) is 10.1 Å². The van der Waals surface area contributed by atoms with E-state index in [-0.39, 0.29) is 11.2 Å². The van der Waals surface area contributed by atoms with Crippen LogP contribution in [-0.4, -0.2) is 44.1 Å². The molecule has 3 aromatic rings. The van der Waals surface area contributed by atoms with Crippen LogP contribution in [0.2, 0.25) is 0 Å². The van der Waals surface area contributed by atoms with Crippen LogP contribution >= 0.6 is 11.8 Å². The Labute approximate surface area is 182 Å². The molecule has 3 aromatic carbocycles. The molecule has 0 aliphatic carbocycles. The van der Waals surface area contributed by atoms with Crippen molar-refractivity contribution < 1.29 is 9.53 Å². The third-order valence-corrected chi connectivity index (χ3v) is 6.61. The summed E-state index contributed by atoms with van der Waals surface area (Å²) in [5.41, 5.74) is 2.22. The normalized spacial score (nSPS) is 15.0. The van der Waals surface area contributed by atoms with E-state index in [0.29, 0.717) is 0 Å². The van der Waals surface area contributed by atoms with Gasteiger partial charge in [0.15, 0.2) is 0 Å². The predicted octanol–water partition coefficient (Wildman–Crippen LogP) is 4.88. The summed E-state index contributed by atoms with van der Waals surface area (Å²) < 4.78 is 5.25. The van der Waals surface area contributed by atoms with E-state index >= 15 is 0 Å². The van der Waals surface area contributed by atoms with Gasteiger partial charge in [-0.2, -0.15) is 0 Å². The molecule has 1 atom stereocenters. The first-order valence-corrected chi connectivity index (χ1v) is 11.1. The lowest BCUT2D eigenvalue weighted by atomic mass is 10.1. The number of piperazine rings is 1. The number of methoxy groups -OCH3 is 1. The highest BCUT2D eigenvalue weighted by atomic mass is 32.2. The number of hydrogen-bond acceptors (Lipinski definition) is 4. The summed E-state index contributed by atoms with van der Waals surface area (Å²) in [6.45, 7) is 3.11. The van der Waals surface area contributed by atoms with Crippen LogP contribution in [0.5, 0.6) is 5.75 Å². The van der Waals surface area contributed by atoms with Gasteiger partial charge in [0.25, 0.3) is 0 Å². The van der Waals surface area contributed by atoms with E-state index in [0.717, 1.165) is 42.4 Å². The largest absolute Gasteiger partial charge is 0.497 e. The van der Waals surface area contributed by atoms with Gasteiger partial charge in [-0.15, -0.1) is 11.8 Å². The molecule has 0 aromatic heterocycles. The Bertz CT molecular complexity index is 940. The number of rotatable bonds is 6. The van der Waals surface area contributed by atoms with Gasteiger partial charge in [0.1, 0.15) is 11.0 Å². The quantitative estimate of drug-likeness (QED) is 0.534. The highest BCUT2D eigenvalue weighted by Crippen LogP contribution is 2.37. The topological polar surface area (TPSA) is 32.8 Å². The van der Waals surface area contributed by atoms with Crippen molar-refractivity contribution in [1.82, 2.24) is 4.90 Å². The zero-order valence-electron chi connectivity index (χ0n) is 17.1. The molecule has 0 radical (unpaired) electrons. The molecule has 1 amide bonds. The number of carbonyl (C=O) groups is 1. The Morgan fingerprint density at radius 1 is 0.833 bits per heavy atom. The van der Waals surface area contributed by atoms with Crippen LogP contribution in [0, 0.1) is 0 Å². The fraction of sp³-hybridized carbons (Fsp3) is 0.240. The number of anilines is 1. The maximum absolute atomic E-state index is 13.5. The Balaban J connectivity index is 1.45. The van der Waals surface area contributed by atoms with Gasteiger partial charge in [-0.25, -0.2) is 0 Å². The van der Waals surface area contributed by atoms with E-state index < -0.39 is 0 Å². The van der Waals surface area contributed by atoms with Crippen molar-refractivity contribution in [3.8, 4) is 5.75 Å². The summed E-state index contributed by atoms with van der Waals surface area (Å²) in [6.07, 6.45) is 0. The smallest absolute Gasteiger partial charge is 0.240 e. The molecule has 1 aliphatic heterocycles. The fourth-order valence-electron chi connectivity index (χ4n) is 3.67. The molecular weight excluding hydrogens is 392 g/mol. The predicted molar refractivity (Wildman–Crippen MR) is 123 cm³/mol. The van der Waals surface area contributed by atoms with Crippen molar-refractivity contribution in [3.05, 3.63) is 90.5 Å². The highest BCUT2D eigenvalue weighted by molar-refractivity contribution is 8.00. The molecule has 5 heteroatoms. The number of carbonyl (C=O) groups excluding carboxylic acids is 1. The van der Waals surface area contributed by atoms with Gasteiger partial charge in [-0.1, -0.05) is 48.5 Å². The molecule has 1 saturated heterocycles. The second kappa shape index (κ2) is 9.72. The molecule has 0 N–H and O–H groups in total. The van der Waals surface area contributed by atoms with Gasteiger partial charge in [-0.05, 0) is 42.0 Å². The molecule has 0 saturated carbocycles. The molecule has 1 aliphatic rings. The molecule has 4 nitrogen and oxygen atoms in total. The highest BCUT2D eigenvalue weighted by Gasteiger charge is 2.29. The summed E-state index contributed by atoms with van der Waals surface area (Å²) in [4.78, 5) is 18.9. The second-order valence-corrected chi connectivity index (χ2v) is 8.41. The third-order valence-electron chi connectivity index (χ3n) is 5.35. The summed E-state index contributed by atoms with van der Waals surface area (Å²) in [5, 5.41) is -0.235. The first-order valence-electron chi connectivity index (χ1n) is 10.2. The first kappa shape index (κ1) is 20.4. The summed E-state index contributed by atoms with van der Waals surface area (Å²) in [5.74, 6) is 1.04. The Morgan fingerprint density at radius 2 is 1.43 bits per heavy atom.